The minimum Gasteiger partial charge on any atom is -0.398 e. The highest BCUT2D eigenvalue weighted by Crippen LogP contribution is 2.20. The summed E-state index contributed by atoms with van der Waals surface area (Å²) < 4.78 is 0.820. The SMILES string of the molecule is CCN1CCC(NC(=O)c2ccc(Br)c(N)c2)CC1. The molecule has 1 saturated heterocycles. The van der Waals surface area contributed by atoms with Gasteiger partial charge in [-0.25, -0.2) is 0 Å². The van der Waals surface area contributed by atoms with E-state index >= 15 is 0 Å². The van der Waals surface area contributed by atoms with Gasteiger partial charge in [-0.3, -0.25) is 4.79 Å². The Morgan fingerprint density at radius 3 is 2.74 bits per heavy atom. The van der Waals surface area contributed by atoms with Crippen LogP contribution in [-0.2, 0) is 0 Å². The number of nitrogens with one attached hydrogen (secondary N) is 1. The average molecular weight is 326 g/mol. The lowest BCUT2D eigenvalue weighted by molar-refractivity contribution is 0.0912. The minimum absolute atomic E-state index is 0.0332. The quantitative estimate of drug-likeness (QED) is 0.838. The summed E-state index contributed by atoms with van der Waals surface area (Å²) in [6, 6.07) is 5.58. The van der Waals surface area contributed by atoms with Crippen LogP contribution in [0, 0.1) is 0 Å². The number of piperidine rings is 1. The molecule has 1 amide bonds. The van der Waals surface area contributed by atoms with Gasteiger partial charge in [0.05, 0.1) is 0 Å². The lowest BCUT2D eigenvalue weighted by atomic mass is 10.0. The Bertz CT molecular complexity index is 456. The van der Waals surface area contributed by atoms with Gasteiger partial charge in [0.15, 0.2) is 0 Å². The van der Waals surface area contributed by atoms with Gasteiger partial charge in [-0.15, -0.1) is 0 Å². The van der Waals surface area contributed by atoms with Gasteiger partial charge in [-0.05, 0) is 53.5 Å². The molecule has 1 aromatic carbocycles. The second-order valence-corrected chi connectivity index (χ2v) is 5.77. The molecule has 0 radical (unpaired) electrons. The molecule has 0 unspecified atom stereocenters. The summed E-state index contributed by atoms with van der Waals surface area (Å²) in [7, 11) is 0. The summed E-state index contributed by atoms with van der Waals surface area (Å²) in [6.45, 7) is 5.38. The van der Waals surface area contributed by atoms with Gasteiger partial charge < -0.3 is 16.0 Å². The number of likely N-dealkylation sites (tertiary alicyclic amines) is 1. The summed E-state index contributed by atoms with van der Waals surface area (Å²) in [5.41, 5.74) is 7.01. The number of nitrogen functional groups attached to an aromatic ring is 1. The molecule has 1 aliphatic heterocycles. The van der Waals surface area contributed by atoms with E-state index in [2.05, 4.69) is 33.1 Å². The molecule has 0 atom stereocenters. The number of amides is 1. The van der Waals surface area contributed by atoms with E-state index in [0.29, 0.717) is 11.3 Å². The number of halogens is 1. The van der Waals surface area contributed by atoms with Crippen LogP contribution in [0.5, 0.6) is 0 Å². The Morgan fingerprint density at radius 2 is 2.16 bits per heavy atom. The van der Waals surface area contributed by atoms with Crippen LogP contribution in [0.2, 0.25) is 0 Å². The van der Waals surface area contributed by atoms with Crippen molar-refractivity contribution in [3.8, 4) is 0 Å². The summed E-state index contributed by atoms with van der Waals surface area (Å²) >= 11 is 3.33. The Labute approximate surface area is 122 Å². The number of hydrogen-bond donors (Lipinski definition) is 2. The van der Waals surface area contributed by atoms with Gasteiger partial charge in [0.2, 0.25) is 0 Å². The molecule has 3 N–H and O–H groups in total. The summed E-state index contributed by atoms with van der Waals surface area (Å²) in [5, 5.41) is 3.09. The Morgan fingerprint density at radius 1 is 1.47 bits per heavy atom. The van der Waals surface area contributed by atoms with E-state index in [4.69, 9.17) is 5.73 Å². The van der Waals surface area contributed by atoms with Crippen LogP contribution in [0.25, 0.3) is 0 Å². The predicted octanol–water partition coefficient (Wildman–Crippen LogP) is 2.25. The topological polar surface area (TPSA) is 58.4 Å². The highest BCUT2D eigenvalue weighted by Gasteiger charge is 2.20. The van der Waals surface area contributed by atoms with Gasteiger partial charge in [0.25, 0.3) is 5.91 Å². The van der Waals surface area contributed by atoms with Crippen LogP contribution >= 0.6 is 15.9 Å². The molecule has 104 valence electrons. The average Bonchev–Trinajstić information content (AvgIpc) is 2.42. The molecule has 1 aromatic rings. The first-order chi connectivity index (χ1) is 9.10. The molecule has 4 nitrogen and oxygen atoms in total. The highest BCUT2D eigenvalue weighted by atomic mass is 79.9. The number of rotatable bonds is 3. The smallest absolute Gasteiger partial charge is 0.251 e. The molecule has 1 aliphatic rings. The van der Waals surface area contributed by atoms with E-state index in [1.165, 1.54) is 0 Å². The van der Waals surface area contributed by atoms with Crippen LogP contribution in [0.1, 0.15) is 30.1 Å². The summed E-state index contributed by atoms with van der Waals surface area (Å²) in [6.07, 6.45) is 2.04. The van der Waals surface area contributed by atoms with Crippen LogP contribution < -0.4 is 11.1 Å². The fourth-order valence-electron chi connectivity index (χ4n) is 2.35. The molecule has 5 heteroatoms. The third-order valence-electron chi connectivity index (χ3n) is 3.63. The first-order valence-electron chi connectivity index (χ1n) is 6.68. The lowest BCUT2D eigenvalue weighted by Gasteiger charge is -2.31. The number of anilines is 1. The predicted molar refractivity (Wildman–Crippen MR) is 81.2 cm³/mol. The normalized spacial score (nSPS) is 17.4. The van der Waals surface area contributed by atoms with Crippen molar-refractivity contribution >= 4 is 27.5 Å². The first-order valence-corrected chi connectivity index (χ1v) is 7.47. The van der Waals surface area contributed by atoms with Gasteiger partial charge in [-0.1, -0.05) is 6.92 Å². The second kappa shape index (κ2) is 6.39. The van der Waals surface area contributed by atoms with Gasteiger partial charge in [0, 0.05) is 34.9 Å². The summed E-state index contributed by atoms with van der Waals surface area (Å²) in [5.74, 6) is -0.0332. The molecule has 0 bridgehead atoms. The Kier molecular flexibility index (Phi) is 4.82. The number of benzene rings is 1. The molecule has 2 rings (SSSR count). The van der Waals surface area contributed by atoms with E-state index in [-0.39, 0.29) is 11.9 Å². The lowest BCUT2D eigenvalue weighted by Crippen LogP contribution is -2.44. The largest absolute Gasteiger partial charge is 0.398 e. The van der Waals surface area contributed by atoms with E-state index in [9.17, 15) is 4.79 Å². The van der Waals surface area contributed by atoms with Crippen molar-refractivity contribution in [3.63, 3.8) is 0 Å². The third kappa shape index (κ3) is 3.70. The van der Waals surface area contributed by atoms with Gasteiger partial charge >= 0.3 is 0 Å². The molecular formula is C14H20BrN3O. The van der Waals surface area contributed by atoms with Crippen LogP contribution in [-0.4, -0.2) is 36.5 Å². The van der Waals surface area contributed by atoms with Crippen molar-refractivity contribution in [2.75, 3.05) is 25.4 Å². The van der Waals surface area contributed by atoms with Crippen molar-refractivity contribution in [2.24, 2.45) is 0 Å². The van der Waals surface area contributed by atoms with Crippen molar-refractivity contribution in [1.29, 1.82) is 0 Å². The second-order valence-electron chi connectivity index (χ2n) is 4.92. The zero-order valence-corrected chi connectivity index (χ0v) is 12.7. The van der Waals surface area contributed by atoms with Crippen LogP contribution in [0.15, 0.2) is 22.7 Å². The molecule has 0 aromatic heterocycles. The van der Waals surface area contributed by atoms with E-state index in [1.807, 2.05) is 6.07 Å². The van der Waals surface area contributed by atoms with Crippen molar-refractivity contribution in [3.05, 3.63) is 28.2 Å². The van der Waals surface area contributed by atoms with Gasteiger partial charge in [-0.2, -0.15) is 0 Å². The van der Waals surface area contributed by atoms with Crippen molar-refractivity contribution in [2.45, 2.75) is 25.8 Å². The van der Waals surface area contributed by atoms with Gasteiger partial charge in [0.1, 0.15) is 0 Å². The fourth-order valence-corrected chi connectivity index (χ4v) is 2.59. The number of nitrogens with zero attached hydrogens (tertiary/aromatic N) is 1. The van der Waals surface area contributed by atoms with E-state index in [1.54, 1.807) is 12.1 Å². The molecular weight excluding hydrogens is 306 g/mol. The highest BCUT2D eigenvalue weighted by molar-refractivity contribution is 9.10. The zero-order valence-electron chi connectivity index (χ0n) is 11.2. The maximum Gasteiger partial charge on any atom is 0.251 e. The Balaban J connectivity index is 1.92. The van der Waals surface area contributed by atoms with Crippen molar-refractivity contribution in [1.82, 2.24) is 10.2 Å². The van der Waals surface area contributed by atoms with Crippen molar-refractivity contribution < 1.29 is 4.79 Å². The number of carbonyl (C=O) groups excluding carboxylic acids is 1. The zero-order chi connectivity index (χ0) is 13.8. The monoisotopic (exact) mass is 325 g/mol. The van der Waals surface area contributed by atoms with Crippen LogP contribution in [0.3, 0.4) is 0 Å². The maximum absolute atomic E-state index is 12.1. The Hall–Kier alpha value is -1.07. The van der Waals surface area contributed by atoms with E-state index in [0.717, 1.165) is 36.9 Å². The standard InChI is InChI=1S/C14H20BrN3O/c1-2-18-7-5-11(6-8-18)17-14(19)10-3-4-12(15)13(16)9-10/h3-4,9,11H,2,5-8,16H2,1H3,(H,17,19). The maximum atomic E-state index is 12.1. The number of carbonyl (C=O) groups is 1. The molecule has 0 saturated carbocycles. The molecule has 0 aliphatic carbocycles. The molecule has 1 heterocycles. The molecule has 19 heavy (non-hydrogen) atoms. The molecule has 0 spiro atoms. The fraction of sp³-hybridized carbons (Fsp3) is 0.500. The number of hydrogen-bond acceptors (Lipinski definition) is 3. The molecule has 1 fully saturated rings. The first kappa shape index (κ1) is 14.3. The van der Waals surface area contributed by atoms with E-state index < -0.39 is 0 Å². The summed E-state index contributed by atoms with van der Waals surface area (Å²) in [4.78, 5) is 14.5. The minimum atomic E-state index is -0.0332. The number of nitrogens with two attached hydrogens (primary N) is 1. The van der Waals surface area contributed by atoms with Crippen LogP contribution in [0.4, 0.5) is 5.69 Å². The third-order valence-corrected chi connectivity index (χ3v) is 4.35.